The molecule has 0 aromatic carbocycles. The average molecular weight is 584 g/mol. The lowest BCUT2D eigenvalue weighted by molar-refractivity contribution is -0.172. The number of esters is 4. The molecule has 0 saturated carbocycles. The molecule has 1 aliphatic rings. The summed E-state index contributed by atoms with van der Waals surface area (Å²) in [4.78, 5) is 65.3. The highest BCUT2D eigenvalue weighted by molar-refractivity contribution is 5.82. The second kappa shape index (κ2) is 14.9. The minimum absolute atomic E-state index is 0.0293. The Balaban J connectivity index is 2.07. The molecule has 0 aliphatic carbocycles. The summed E-state index contributed by atoms with van der Waals surface area (Å²) in [6, 6.07) is -0.385. The van der Waals surface area contributed by atoms with Crippen LogP contribution in [-0.4, -0.2) is 77.0 Å². The van der Waals surface area contributed by atoms with Crippen LogP contribution in [-0.2, 0) is 42.9 Å². The minimum Gasteiger partial charge on any atom is -0.463 e. The van der Waals surface area contributed by atoms with Gasteiger partial charge in [-0.3, -0.25) is 14.2 Å². The molecule has 1 saturated heterocycles. The largest absolute Gasteiger partial charge is 0.463 e. The molecule has 6 N–H and O–H groups in total. The molecule has 1 aliphatic heterocycles. The van der Waals surface area contributed by atoms with Gasteiger partial charge in [-0.2, -0.15) is 4.98 Å². The van der Waals surface area contributed by atoms with Gasteiger partial charge < -0.3 is 40.9 Å². The van der Waals surface area contributed by atoms with Crippen molar-refractivity contribution in [3.63, 3.8) is 0 Å². The van der Waals surface area contributed by atoms with Crippen molar-refractivity contribution in [1.82, 2.24) is 9.55 Å². The molecule has 1 aromatic rings. The number of anilines is 1. The van der Waals surface area contributed by atoms with Crippen LogP contribution >= 0.6 is 0 Å². The number of hydrogen-bond donors (Lipinski definition) is 3. The summed E-state index contributed by atoms with van der Waals surface area (Å²) >= 11 is 0. The van der Waals surface area contributed by atoms with Crippen LogP contribution in [0.4, 0.5) is 5.82 Å². The zero-order valence-corrected chi connectivity index (χ0v) is 24.2. The Labute approximate surface area is 237 Å². The van der Waals surface area contributed by atoms with Crippen LogP contribution in [0.2, 0.25) is 0 Å². The Morgan fingerprint density at radius 1 is 0.902 bits per heavy atom. The first-order valence-corrected chi connectivity index (χ1v) is 13.4. The van der Waals surface area contributed by atoms with Gasteiger partial charge >= 0.3 is 29.6 Å². The van der Waals surface area contributed by atoms with E-state index in [2.05, 4.69) is 4.98 Å². The van der Waals surface area contributed by atoms with E-state index in [1.807, 2.05) is 0 Å². The lowest BCUT2D eigenvalue weighted by atomic mass is 10.0. The van der Waals surface area contributed by atoms with Crippen molar-refractivity contribution in [1.29, 1.82) is 0 Å². The monoisotopic (exact) mass is 583 g/mol. The zero-order chi connectivity index (χ0) is 31.0. The number of hydrogen-bond acceptors (Lipinski definition) is 14. The van der Waals surface area contributed by atoms with Gasteiger partial charge in [-0.1, -0.05) is 27.7 Å². The quantitative estimate of drug-likeness (QED) is 0.199. The van der Waals surface area contributed by atoms with Gasteiger partial charge in [0.15, 0.2) is 12.2 Å². The van der Waals surface area contributed by atoms with E-state index in [-0.39, 0.29) is 37.3 Å². The van der Waals surface area contributed by atoms with Crippen molar-refractivity contribution < 1.29 is 42.9 Å². The predicted octanol–water partition coefficient (Wildman–Crippen LogP) is -0.354. The highest BCUT2D eigenvalue weighted by Crippen LogP contribution is 2.33. The standard InChI is InChI=1S/C26H41N5O10/c1-12(2)20(28)24(34)39-14(5)22(32)37-10-16-9-19(31-8-7-18(27)30-26(31)36)41-17(16)11-38-23(33)15(6)40-25(35)21(29)13(3)4/h7-8,12-17,19-21H,9-11,28-29H2,1-6H3,(H2,27,30,36). The van der Waals surface area contributed by atoms with Gasteiger partial charge in [0.05, 0.1) is 6.61 Å². The van der Waals surface area contributed by atoms with Crippen LogP contribution in [0, 0.1) is 17.8 Å². The fourth-order valence-corrected chi connectivity index (χ4v) is 3.69. The lowest BCUT2D eigenvalue weighted by Crippen LogP contribution is -2.41. The van der Waals surface area contributed by atoms with Crippen molar-refractivity contribution in [2.24, 2.45) is 29.2 Å². The molecule has 1 aromatic heterocycles. The molecule has 0 amide bonds. The molecule has 0 spiro atoms. The van der Waals surface area contributed by atoms with Crippen LogP contribution in [0.5, 0.6) is 0 Å². The van der Waals surface area contributed by atoms with Gasteiger partial charge in [-0.15, -0.1) is 0 Å². The van der Waals surface area contributed by atoms with Gasteiger partial charge in [0, 0.05) is 18.5 Å². The SMILES string of the molecule is CC(OC(=O)C(N)C(C)C)C(=O)OCC1CC(n2ccc(N)nc2=O)OC1COC(=O)C(C)OC(=O)C(N)C(C)C. The molecule has 7 unspecified atom stereocenters. The van der Waals surface area contributed by atoms with Crippen LogP contribution in [0.15, 0.2) is 17.1 Å². The Morgan fingerprint density at radius 3 is 1.85 bits per heavy atom. The number of nitrogens with zero attached hydrogens (tertiary/aromatic N) is 2. The van der Waals surface area contributed by atoms with Crippen molar-refractivity contribution in [3.8, 4) is 0 Å². The fourth-order valence-electron chi connectivity index (χ4n) is 3.69. The third kappa shape index (κ3) is 9.50. The maximum absolute atomic E-state index is 12.5. The summed E-state index contributed by atoms with van der Waals surface area (Å²) in [5.41, 5.74) is 16.4. The molecular weight excluding hydrogens is 542 g/mol. The Kier molecular flexibility index (Phi) is 12.2. The van der Waals surface area contributed by atoms with Gasteiger partial charge in [0.2, 0.25) is 0 Å². The average Bonchev–Trinajstić information content (AvgIpc) is 3.31. The molecular formula is C26H41N5O10. The minimum atomic E-state index is -1.24. The number of carbonyl (C=O) groups excluding carboxylic acids is 4. The molecule has 15 heteroatoms. The van der Waals surface area contributed by atoms with Crippen LogP contribution in [0.3, 0.4) is 0 Å². The normalized spacial score (nSPS) is 21.6. The Morgan fingerprint density at radius 2 is 1.39 bits per heavy atom. The van der Waals surface area contributed by atoms with Gasteiger partial charge in [0.1, 0.15) is 36.8 Å². The lowest BCUT2D eigenvalue weighted by Gasteiger charge is -2.22. The van der Waals surface area contributed by atoms with E-state index in [4.69, 9.17) is 40.9 Å². The number of aromatic nitrogens is 2. The maximum atomic E-state index is 12.5. The molecule has 15 nitrogen and oxygen atoms in total. The number of rotatable bonds is 13. The van der Waals surface area contributed by atoms with Crippen molar-refractivity contribution >= 4 is 29.7 Å². The van der Waals surface area contributed by atoms with Crippen LogP contribution in [0.25, 0.3) is 0 Å². The topological polar surface area (TPSA) is 227 Å². The highest BCUT2D eigenvalue weighted by Gasteiger charge is 2.39. The summed E-state index contributed by atoms with van der Waals surface area (Å²) in [5.74, 6) is -4.04. The first kappa shape index (κ1) is 33.6. The van der Waals surface area contributed by atoms with Crippen molar-refractivity contribution in [2.75, 3.05) is 18.9 Å². The summed E-state index contributed by atoms with van der Waals surface area (Å²) in [6.07, 6.45) is -2.53. The first-order chi connectivity index (χ1) is 19.1. The molecule has 41 heavy (non-hydrogen) atoms. The van der Waals surface area contributed by atoms with E-state index in [1.54, 1.807) is 27.7 Å². The van der Waals surface area contributed by atoms with E-state index in [0.29, 0.717) is 0 Å². The molecule has 2 heterocycles. The molecule has 1 fully saturated rings. The summed E-state index contributed by atoms with van der Waals surface area (Å²) in [5, 5.41) is 0. The van der Waals surface area contributed by atoms with Crippen molar-refractivity contribution in [2.45, 2.75) is 84.6 Å². The highest BCUT2D eigenvalue weighted by atomic mass is 16.6. The van der Waals surface area contributed by atoms with Gasteiger partial charge in [-0.25, -0.2) is 14.4 Å². The van der Waals surface area contributed by atoms with Crippen LogP contribution in [0.1, 0.15) is 54.2 Å². The molecule has 230 valence electrons. The van der Waals surface area contributed by atoms with E-state index in [1.165, 1.54) is 30.7 Å². The predicted molar refractivity (Wildman–Crippen MR) is 144 cm³/mol. The molecule has 2 rings (SSSR count). The Hall–Kier alpha value is -3.56. The Bertz CT molecular complexity index is 1080. The summed E-state index contributed by atoms with van der Waals surface area (Å²) < 4.78 is 28.1. The van der Waals surface area contributed by atoms with Gasteiger partial charge in [0.25, 0.3) is 0 Å². The van der Waals surface area contributed by atoms with E-state index < -0.39 is 72.1 Å². The zero-order valence-electron chi connectivity index (χ0n) is 24.2. The smallest absolute Gasteiger partial charge is 0.351 e. The summed E-state index contributed by atoms with van der Waals surface area (Å²) in [7, 11) is 0. The second-order valence-corrected chi connectivity index (χ2v) is 10.6. The third-order valence-electron chi connectivity index (χ3n) is 6.58. The second-order valence-electron chi connectivity index (χ2n) is 10.6. The fraction of sp³-hybridized carbons (Fsp3) is 0.692. The van der Waals surface area contributed by atoms with E-state index in [0.717, 1.165) is 0 Å². The molecule has 7 atom stereocenters. The number of ether oxygens (including phenoxy) is 5. The summed E-state index contributed by atoms with van der Waals surface area (Å²) in [6.45, 7) is 9.15. The van der Waals surface area contributed by atoms with Gasteiger partial charge in [-0.05, 0) is 31.7 Å². The van der Waals surface area contributed by atoms with Crippen LogP contribution < -0.4 is 22.9 Å². The van der Waals surface area contributed by atoms with E-state index in [9.17, 15) is 24.0 Å². The number of nitrogens with two attached hydrogens (primary N) is 3. The molecule has 0 bridgehead atoms. The third-order valence-corrected chi connectivity index (χ3v) is 6.58. The van der Waals surface area contributed by atoms with E-state index >= 15 is 0 Å². The number of nitrogen functional groups attached to an aromatic ring is 1. The molecule has 0 radical (unpaired) electrons. The van der Waals surface area contributed by atoms with Crippen molar-refractivity contribution in [3.05, 3.63) is 22.7 Å². The maximum Gasteiger partial charge on any atom is 0.351 e. The first-order valence-electron chi connectivity index (χ1n) is 13.4. The number of carbonyl (C=O) groups is 4.